The molecule has 1 saturated carbocycles. The van der Waals surface area contributed by atoms with E-state index in [-0.39, 0.29) is 24.2 Å². The van der Waals surface area contributed by atoms with Gasteiger partial charge in [-0.05, 0) is 61.8 Å². The third-order valence-corrected chi connectivity index (χ3v) is 6.03. The highest BCUT2D eigenvalue weighted by molar-refractivity contribution is 7.92. The minimum absolute atomic E-state index is 0.111. The Labute approximate surface area is 166 Å². The molecule has 0 radical (unpaired) electrons. The molecular formula is C21H28FNO4S. The van der Waals surface area contributed by atoms with E-state index >= 15 is 0 Å². The van der Waals surface area contributed by atoms with Gasteiger partial charge in [0, 0.05) is 17.9 Å². The summed E-state index contributed by atoms with van der Waals surface area (Å²) >= 11 is 0. The molecule has 7 heteroatoms. The Hall–Kier alpha value is -1.99. The predicted molar refractivity (Wildman–Crippen MR) is 108 cm³/mol. The average Bonchev–Trinajstić information content (AvgIpc) is 2.65. The minimum atomic E-state index is -3.58. The van der Waals surface area contributed by atoms with Crippen LogP contribution in [0.25, 0.3) is 6.08 Å². The molecular weight excluding hydrogens is 381 g/mol. The number of halogens is 1. The highest BCUT2D eigenvalue weighted by Gasteiger charge is 2.27. The number of allylic oxidation sites excluding steroid dienone is 2. The predicted octanol–water partition coefficient (Wildman–Crippen LogP) is 4.48. The topological polar surface area (TPSA) is 83.5 Å². The molecule has 0 amide bonds. The SMILES string of the molecule is O=C(O)CCC/C=C/CC1CCCCC1NS(=O)(=O)/C=C/c1ccc(F)cc1. The number of nitrogens with one attached hydrogen (secondary N) is 1. The molecule has 0 heterocycles. The van der Waals surface area contributed by atoms with Crippen LogP contribution in [0.4, 0.5) is 4.39 Å². The van der Waals surface area contributed by atoms with E-state index in [1.54, 1.807) is 0 Å². The van der Waals surface area contributed by atoms with Crippen molar-refractivity contribution in [1.82, 2.24) is 4.72 Å². The Kier molecular flexibility index (Phi) is 8.86. The number of aliphatic carboxylic acids is 1. The van der Waals surface area contributed by atoms with Gasteiger partial charge in [0.15, 0.2) is 0 Å². The second-order valence-corrected chi connectivity index (χ2v) is 8.76. The van der Waals surface area contributed by atoms with E-state index in [4.69, 9.17) is 5.11 Å². The van der Waals surface area contributed by atoms with E-state index in [2.05, 4.69) is 4.72 Å². The highest BCUT2D eigenvalue weighted by Crippen LogP contribution is 2.28. The van der Waals surface area contributed by atoms with E-state index in [1.165, 1.54) is 30.3 Å². The molecule has 2 N–H and O–H groups in total. The van der Waals surface area contributed by atoms with Crippen LogP contribution in [0.2, 0.25) is 0 Å². The minimum Gasteiger partial charge on any atom is -0.481 e. The molecule has 0 saturated heterocycles. The second kappa shape index (κ2) is 11.1. The van der Waals surface area contributed by atoms with Crippen molar-refractivity contribution in [2.75, 3.05) is 0 Å². The van der Waals surface area contributed by atoms with Gasteiger partial charge in [-0.1, -0.05) is 37.1 Å². The molecule has 1 aliphatic rings. The van der Waals surface area contributed by atoms with Gasteiger partial charge < -0.3 is 5.11 Å². The maximum Gasteiger partial charge on any atom is 0.303 e. The van der Waals surface area contributed by atoms with Gasteiger partial charge in [-0.15, -0.1) is 0 Å². The van der Waals surface area contributed by atoms with Crippen LogP contribution in [0.5, 0.6) is 0 Å². The number of carbonyl (C=O) groups is 1. The van der Waals surface area contributed by atoms with Crippen molar-refractivity contribution >= 4 is 22.1 Å². The summed E-state index contributed by atoms with van der Waals surface area (Å²) in [7, 11) is -3.58. The largest absolute Gasteiger partial charge is 0.481 e. The van der Waals surface area contributed by atoms with Crippen LogP contribution in [0.15, 0.2) is 41.8 Å². The summed E-state index contributed by atoms with van der Waals surface area (Å²) in [4.78, 5) is 10.5. The molecule has 5 nitrogen and oxygen atoms in total. The Morgan fingerprint density at radius 3 is 2.61 bits per heavy atom. The van der Waals surface area contributed by atoms with Crippen molar-refractivity contribution in [3.05, 3.63) is 53.2 Å². The molecule has 28 heavy (non-hydrogen) atoms. The lowest BCUT2D eigenvalue weighted by Gasteiger charge is -2.31. The Morgan fingerprint density at radius 2 is 1.89 bits per heavy atom. The zero-order chi connectivity index (χ0) is 20.4. The molecule has 2 rings (SSSR count). The molecule has 0 aromatic heterocycles. The highest BCUT2D eigenvalue weighted by atomic mass is 32.2. The third-order valence-electron chi connectivity index (χ3n) is 4.90. The molecule has 1 aromatic carbocycles. The van der Waals surface area contributed by atoms with Gasteiger partial charge in [-0.3, -0.25) is 4.79 Å². The van der Waals surface area contributed by atoms with Crippen LogP contribution in [0.1, 0.15) is 56.9 Å². The van der Waals surface area contributed by atoms with Crippen molar-refractivity contribution in [2.24, 2.45) is 5.92 Å². The van der Waals surface area contributed by atoms with E-state index < -0.39 is 16.0 Å². The first-order valence-electron chi connectivity index (χ1n) is 9.68. The number of hydrogen-bond acceptors (Lipinski definition) is 3. The molecule has 2 atom stereocenters. The van der Waals surface area contributed by atoms with Crippen molar-refractivity contribution in [3.63, 3.8) is 0 Å². The second-order valence-electron chi connectivity index (χ2n) is 7.16. The van der Waals surface area contributed by atoms with Gasteiger partial charge in [0.1, 0.15) is 5.82 Å². The molecule has 1 aromatic rings. The van der Waals surface area contributed by atoms with Gasteiger partial charge in [0.25, 0.3) is 0 Å². The molecule has 2 unspecified atom stereocenters. The molecule has 0 aliphatic heterocycles. The van der Waals surface area contributed by atoms with Crippen LogP contribution in [-0.2, 0) is 14.8 Å². The Balaban J connectivity index is 1.88. The fourth-order valence-electron chi connectivity index (χ4n) is 3.40. The lowest BCUT2D eigenvalue weighted by atomic mass is 9.83. The van der Waals surface area contributed by atoms with E-state index in [0.717, 1.165) is 43.9 Å². The number of unbranched alkanes of at least 4 members (excludes halogenated alkanes) is 1. The van der Waals surface area contributed by atoms with Crippen molar-refractivity contribution in [2.45, 2.75) is 57.4 Å². The summed E-state index contributed by atoms with van der Waals surface area (Å²) in [6.07, 6.45) is 11.6. The maximum absolute atomic E-state index is 12.9. The molecule has 1 aliphatic carbocycles. The number of sulfonamides is 1. The standard InChI is InChI=1S/C21H28FNO4S/c22-19-13-11-17(12-14-19)15-16-28(26,27)23-20-9-6-5-8-18(20)7-3-1-2-4-10-21(24)25/h1,3,11-16,18,20,23H,2,4-10H2,(H,24,25)/b3-1+,16-15+. The van der Waals surface area contributed by atoms with Crippen LogP contribution in [0, 0.1) is 11.7 Å². The third kappa shape index (κ3) is 8.35. The zero-order valence-electron chi connectivity index (χ0n) is 15.9. The van der Waals surface area contributed by atoms with E-state index in [9.17, 15) is 17.6 Å². The smallest absolute Gasteiger partial charge is 0.303 e. The van der Waals surface area contributed by atoms with Crippen molar-refractivity contribution in [3.8, 4) is 0 Å². The quantitative estimate of drug-likeness (QED) is 0.441. The number of hydrogen-bond donors (Lipinski definition) is 2. The average molecular weight is 410 g/mol. The van der Waals surface area contributed by atoms with Crippen LogP contribution < -0.4 is 4.72 Å². The first-order chi connectivity index (χ1) is 13.4. The number of carboxylic acids is 1. The number of rotatable bonds is 10. The van der Waals surface area contributed by atoms with E-state index in [1.807, 2.05) is 12.2 Å². The van der Waals surface area contributed by atoms with Gasteiger partial charge >= 0.3 is 5.97 Å². The summed E-state index contributed by atoms with van der Waals surface area (Å²) in [5.74, 6) is -0.915. The van der Waals surface area contributed by atoms with E-state index in [0.29, 0.717) is 12.0 Å². The fourth-order valence-corrected chi connectivity index (χ4v) is 4.54. The molecule has 154 valence electrons. The summed E-state index contributed by atoms with van der Waals surface area (Å²) < 4.78 is 40.6. The van der Waals surface area contributed by atoms with Crippen LogP contribution in [0.3, 0.4) is 0 Å². The molecule has 1 fully saturated rings. The van der Waals surface area contributed by atoms with Gasteiger partial charge in [0.2, 0.25) is 10.0 Å². The Bertz CT molecular complexity index is 787. The first-order valence-corrected chi connectivity index (χ1v) is 11.2. The maximum atomic E-state index is 12.9. The van der Waals surface area contributed by atoms with Crippen LogP contribution in [-0.4, -0.2) is 25.5 Å². The number of carboxylic acid groups (broad SMARTS) is 1. The van der Waals surface area contributed by atoms with Gasteiger partial charge in [-0.25, -0.2) is 17.5 Å². The lowest BCUT2D eigenvalue weighted by molar-refractivity contribution is -0.137. The summed E-state index contributed by atoms with van der Waals surface area (Å²) in [6.45, 7) is 0. The first kappa shape index (κ1) is 22.3. The van der Waals surface area contributed by atoms with Crippen LogP contribution >= 0.6 is 0 Å². The van der Waals surface area contributed by atoms with Gasteiger partial charge in [0.05, 0.1) is 0 Å². The monoisotopic (exact) mass is 409 g/mol. The summed E-state index contributed by atoms with van der Waals surface area (Å²) in [5.41, 5.74) is 0.622. The summed E-state index contributed by atoms with van der Waals surface area (Å²) in [5, 5.41) is 9.77. The summed E-state index contributed by atoms with van der Waals surface area (Å²) in [6, 6.07) is 5.53. The van der Waals surface area contributed by atoms with Gasteiger partial charge in [-0.2, -0.15) is 0 Å². The molecule has 0 spiro atoms. The lowest BCUT2D eigenvalue weighted by Crippen LogP contribution is -2.41. The van der Waals surface area contributed by atoms with Crippen molar-refractivity contribution in [1.29, 1.82) is 0 Å². The fraction of sp³-hybridized carbons (Fsp3) is 0.476. The zero-order valence-corrected chi connectivity index (χ0v) is 16.7. The number of benzene rings is 1. The molecule has 0 bridgehead atoms. The normalized spacial score (nSPS) is 20.8. The van der Waals surface area contributed by atoms with Crippen molar-refractivity contribution < 1.29 is 22.7 Å². The Morgan fingerprint density at radius 1 is 1.18 bits per heavy atom.